The average Bonchev–Trinajstić information content (AvgIpc) is 2.32. The summed E-state index contributed by atoms with van der Waals surface area (Å²) in [5.41, 5.74) is 0. The highest BCUT2D eigenvalue weighted by Gasteiger charge is 1.91. The lowest BCUT2D eigenvalue weighted by molar-refractivity contribution is -0.137. The van der Waals surface area contributed by atoms with Gasteiger partial charge in [-0.05, 0) is 6.42 Å². The summed E-state index contributed by atoms with van der Waals surface area (Å²) in [7, 11) is 0. The van der Waals surface area contributed by atoms with Crippen molar-refractivity contribution in [2.24, 2.45) is 0 Å². The second kappa shape index (κ2) is 24.2. The van der Waals surface area contributed by atoms with Gasteiger partial charge >= 0.3 is 11.9 Å². The fourth-order valence-electron chi connectivity index (χ4n) is 0.376. The largest absolute Gasteiger partial charge is 0.478 e. The molecule has 0 aliphatic rings. The van der Waals surface area contributed by atoms with E-state index in [-0.39, 0.29) is 31.9 Å². The van der Waals surface area contributed by atoms with Crippen molar-refractivity contribution in [2.45, 2.75) is 19.8 Å². The van der Waals surface area contributed by atoms with E-state index in [4.69, 9.17) is 5.11 Å². The summed E-state index contributed by atoms with van der Waals surface area (Å²) in [6.45, 7) is 14.8. The molecule has 0 spiro atoms. The van der Waals surface area contributed by atoms with E-state index < -0.39 is 5.97 Å². The molecule has 0 aromatic rings. The average molecular weight is 257 g/mol. The number of ether oxygens (including phenoxy) is 1. The van der Waals surface area contributed by atoms with Gasteiger partial charge in [0.05, 0.1) is 6.61 Å². The van der Waals surface area contributed by atoms with Crippen molar-refractivity contribution in [3.63, 3.8) is 0 Å². The minimum absolute atomic E-state index is 0. The fraction of sp³-hybridized carbons (Fsp3) is 0.333. The normalized spacial score (nSPS) is 6.65. The quantitative estimate of drug-likeness (QED) is 0.270. The smallest absolute Gasteiger partial charge is 0.330 e. The lowest BCUT2D eigenvalue weighted by atomic mass is 10.4. The predicted molar refractivity (Wildman–Crippen MR) is 75.1 cm³/mol. The van der Waals surface area contributed by atoms with Gasteiger partial charge < -0.3 is 9.84 Å². The summed E-state index contributed by atoms with van der Waals surface area (Å²) < 4.78 is 4.67. The van der Waals surface area contributed by atoms with Crippen LogP contribution in [0.2, 0.25) is 0 Å². The highest BCUT2D eigenvalue weighted by atomic mass is 24.3. The number of rotatable bonds is 5. The van der Waals surface area contributed by atoms with Crippen LogP contribution < -0.4 is 0 Å². The Balaban J connectivity index is -0.0000000372. The highest BCUT2D eigenvalue weighted by molar-refractivity contribution is 5.81. The second-order valence-electron chi connectivity index (χ2n) is 2.27. The molecule has 4 nitrogen and oxygen atoms in total. The number of carbonyl (C=O) groups is 2. The first-order chi connectivity index (χ1) is 7.58. The Hall–Kier alpha value is -1.07. The third-order valence-electron chi connectivity index (χ3n) is 1.08. The molecule has 0 aromatic heterocycles. The van der Waals surface area contributed by atoms with Crippen molar-refractivity contribution in [1.29, 1.82) is 0 Å². The minimum Gasteiger partial charge on any atom is -0.478 e. The number of esters is 1. The maximum absolute atomic E-state index is 10.3. The van der Waals surface area contributed by atoms with Crippen LogP contribution in [0.1, 0.15) is 22.6 Å². The van der Waals surface area contributed by atoms with Gasteiger partial charge in [0, 0.05) is 38.1 Å². The standard InChI is InChI=1S/C7H12O2.C3H4O2.C2H4.Mg.2H2/c1-3-5-6-9-7(8)4-2;1-2-3(4)5;1-2;;;/h4H,2-3,5-6H2,1H3;2H,1H2,(H,4,5);1-2H2;;2*1H. The van der Waals surface area contributed by atoms with E-state index in [1.54, 1.807) is 0 Å². The van der Waals surface area contributed by atoms with E-state index >= 15 is 0 Å². The molecule has 0 heterocycles. The Morgan fingerprint density at radius 3 is 1.94 bits per heavy atom. The van der Waals surface area contributed by atoms with Crippen LogP contribution in [0.15, 0.2) is 38.5 Å². The molecule has 1 N–H and O–H groups in total. The molecule has 0 rings (SSSR count). The summed E-state index contributed by atoms with van der Waals surface area (Å²) in [6, 6.07) is 0. The van der Waals surface area contributed by atoms with E-state index in [9.17, 15) is 9.59 Å². The Morgan fingerprint density at radius 1 is 1.29 bits per heavy atom. The van der Waals surface area contributed by atoms with E-state index in [2.05, 4.69) is 31.1 Å². The molecular weight excluding hydrogens is 232 g/mol. The Morgan fingerprint density at radius 2 is 1.71 bits per heavy atom. The van der Waals surface area contributed by atoms with Gasteiger partial charge in [0.25, 0.3) is 0 Å². The summed E-state index contributed by atoms with van der Waals surface area (Å²) in [6.07, 6.45) is 3.99. The van der Waals surface area contributed by atoms with Crippen molar-refractivity contribution in [3.8, 4) is 0 Å². The van der Waals surface area contributed by atoms with Crippen molar-refractivity contribution in [3.05, 3.63) is 38.5 Å². The van der Waals surface area contributed by atoms with Gasteiger partial charge in [-0.3, -0.25) is 0 Å². The molecule has 17 heavy (non-hydrogen) atoms. The first kappa shape index (κ1) is 24.9. The fourth-order valence-corrected chi connectivity index (χ4v) is 0.376. The molecule has 5 heteroatoms. The highest BCUT2D eigenvalue weighted by Crippen LogP contribution is 1.88. The third kappa shape index (κ3) is 39.7. The lowest BCUT2D eigenvalue weighted by Gasteiger charge is -1.97. The minimum atomic E-state index is -0.981. The summed E-state index contributed by atoms with van der Waals surface area (Å²) in [4.78, 5) is 19.6. The van der Waals surface area contributed by atoms with E-state index in [0.29, 0.717) is 6.61 Å². The Kier molecular flexibility index (Phi) is 35.6. The van der Waals surface area contributed by atoms with Gasteiger partial charge in [0.1, 0.15) is 0 Å². The number of carboxylic acid groups (broad SMARTS) is 1. The van der Waals surface area contributed by atoms with Crippen LogP contribution in [0, 0.1) is 0 Å². The molecule has 0 amide bonds. The molecule has 0 unspecified atom stereocenters. The molecule has 0 aliphatic carbocycles. The van der Waals surface area contributed by atoms with E-state index in [0.717, 1.165) is 18.9 Å². The zero-order valence-electron chi connectivity index (χ0n) is 10.5. The SMILES string of the molecule is C=C.C=CC(=O)O.C=CC(=O)OCCCC.[HH].[HH].[Mg]. The zero-order valence-corrected chi connectivity index (χ0v) is 11.9. The van der Waals surface area contributed by atoms with Gasteiger partial charge in [-0.15, -0.1) is 13.2 Å². The van der Waals surface area contributed by atoms with Crippen molar-refractivity contribution in [2.75, 3.05) is 6.61 Å². The lowest BCUT2D eigenvalue weighted by Crippen LogP contribution is -2.00. The van der Waals surface area contributed by atoms with Crippen molar-refractivity contribution < 1.29 is 22.3 Å². The van der Waals surface area contributed by atoms with E-state index in [1.165, 1.54) is 6.08 Å². The molecule has 0 saturated carbocycles. The molecule has 0 atom stereocenters. The van der Waals surface area contributed by atoms with Crippen LogP contribution in [-0.2, 0) is 14.3 Å². The first-order valence-electron chi connectivity index (χ1n) is 4.73. The summed E-state index contributed by atoms with van der Waals surface area (Å²) in [5.74, 6) is -1.31. The first-order valence-corrected chi connectivity index (χ1v) is 4.73. The molecule has 0 aromatic carbocycles. The molecule has 98 valence electrons. The second-order valence-corrected chi connectivity index (χ2v) is 2.27. The number of carboxylic acids is 1. The Labute approximate surface area is 122 Å². The van der Waals surface area contributed by atoms with Gasteiger partial charge in [-0.2, -0.15) is 0 Å². The van der Waals surface area contributed by atoms with Crippen molar-refractivity contribution >= 4 is 35.0 Å². The van der Waals surface area contributed by atoms with Crippen LogP contribution in [0.25, 0.3) is 0 Å². The molecule has 0 fully saturated rings. The van der Waals surface area contributed by atoms with Gasteiger partial charge in [0.15, 0.2) is 0 Å². The number of unbranched alkanes of at least 4 members (excludes halogenated alkanes) is 1. The molecule has 0 aliphatic heterocycles. The van der Waals surface area contributed by atoms with Gasteiger partial charge in [-0.1, -0.05) is 26.5 Å². The Bertz CT molecular complexity index is 224. The number of hydrogen-bond donors (Lipinski definition) is 1. The maximum atomic E-state index is 10.3. The van der Waals surface area contributed by atoms with Crippen LogP contribution in [0.4, 0.5) is 0 Å². The molecule has 0 saturated heterocycles. The maximum Gasteiger partial charge on any atom is 0.330 e. The van der Waals surface area contributed by atoms with Crippen LogP contribution in [0.5, 0.6) is 0 Å². The molecular formula is C12H24MgO4. The summed E-state index contributed by atoms with van der Waals surface area (Å²) >= 11 is 0. The number of carbonyl (C=O) groups excluding carboxylic acids is 1. The van der Waals surface area contributed by atoms with Crippen LogP contribution in [-0.4, -0.2) is 46.7 Å². The molecule has 2 radical (unpaired) electrons. The van der Waals surface area contributed by atoms with Crippen molar-refractivity contribution in [1.82, 2.24) is 0 Å². The van der Waals surface area contributed by atoms with Crippen LogP contribution in [0.3, 0.4) is 0 Å². The van der Waals surface area contributed by atoms with E-state index in [1.807, 2.05) is 6.92 Å². The zero-order chi connectivity index (χ0) is 13.4. The van der Waals surface area contributed by atoms with Crippen LogP contribution >= 0.6 is 0 Å². The third-order valence-corrected chi connectivity index (χ3v) is 1.08. The topological polar surface area (TPSA) is 63.6 Å². The number of hydrogen-bond acceptors (Lipinski definition) is 3. The number of aliphatic carboxylic acids is 1. The summed E-state index contributed by atoms with van der Waals surface area (Å²) in [5, 5.41) is 7.60. The monoisotopic (exact) mass is 256 g/mol. The van der Waals surface area contributed by atoms with Gasteiger partial charge in [-0.25, -0.2) is 9.59 Å². The predicted octanol–water partition coefficient (Wildman–Crippen LogP) is 2.69. The van der Waals surface area contributed by atoms with Gasteiger partial charge in [0.2, 0.25) is 0 Å². The molecule has 0 bridgehead atoms.